The first kappa shape index (κ1) is 45.8. The van der Waals surface area contributed by atoms with Gasteiger partial charge in [0.25, 0.3) is 0 Å². The lowest BCUT2D eigenvalue weighted by molar-refractivity contribution is 0.0576. The molecule has 8 rings (SSSR count). The Kier molecular flexibility index (Phi) is 14.9. The van der Waals surface area contributed by atoms with Crippen molar-refractivity contribution in [2.45, 2.75) is 52.2 Å². The van der Waals surface area contributed by atoms with Gasteiger partial charge in [0, 0.05) is 65.4 Å². The molecule has 0 aromatic carbocycles. The number of fused-ring (bicyclic) bond motifs is 2. The van der Waals surface area contributed by atoms with E-state index in [4.69, 9.17) is 14.2 Å². The average Bonchev–Trinajstić information content (AvgIpc) is 3.92. The van der Waals surface area contributed by atoms with Crippen molar-refractivity contribution in [2.24, 2.45) is 0 Å². The maximum absolute atomic E-state index is 14.5. The van der Waals surface area contributed by atoms with Gasteiger partial charge in [-0.1, -0.05) is 18.2 Å². The van der Waals surface area contributed by atoms with Crippen molar-refractivity contribution in [3.8, 4) is 11.8 Å². The van der Waals surface area contributed by atoms with E-state index >= 15 is 0 Å². The zero-order valence-electron chi connectivity index (χ0n) is 35.4. The Morgan fingerprint density at radius 2 is 1.41 bits per heavy atom. The predicted octanol–water partition coefficient (Wildman–Crippen LogP) is 9.10. The number of aryl methyl sites for hydroxylation is 2. The Hall–Kier alpha value is -7.76. The van der Waals surface area contributed by atoms with Crippen LogP contribution >= 0.6 is 0 Å². The van der Waals surface area contributed by atoms with Gasteiger partial charge in [-0.25, -0.2) is 43.5 Å². The van der Waals surface area contributed by atoms with Crippen LogP contribution in [0.15, 0.2) is 104 Å². The number of aromatic nitrogens is 8. The summed E-state index contributed by atoms with van der Waals surface area (Å²) in [7, 11) is 3.07. The van der Waals surface area contributed by atoms with Gasteiger partial charge >= 0.3 is 6.09 Å². The number of anilines is 1. The van der Waals surface area contributed by atoms with Gasteiger partial charge in [0.15, 0.2) is 6.29 Å². The van der Waals surface area contributed by atoms with Crippen LogP contribution in [0.2, 0.25) is 0 Å². The normalized spacial score (nSPS) is 11.0. The zero-order valence-corrected chi connectivity index (χ0v) is 35.4. The number of aromatic amines is 2. The molecule has 8 heterocycles. The van der Waals surface area contributed by atoms with Crippen LogP contribution in [0.4, 0.5) is 28.2 Å². The van der Waals surface area contributed by atoms with E-state index in [1.807, 2.05) is 12.1 Å². The van der Waals surface area contributed by atoms with E-state index in [0.29, 0.717) is 65.2 Å². The van der Waals surface area contributed by atoms with Crippen molar-refractivity contribution in [3.05, 3.63) is 161 Å². The molecule has 8 aromatic rings. The molecule has 0 fully saturated rings. The van der Waals surface area contributed by atoms with Crippen LogP contribution < -0.4 is 14.4 Å². The molecule has 1 amide bonds. The highest BCUT2D eigenvalue weighted by Gasteiger charge is 2.25. The lowest BCUT2D eigenvalue weighted by atomic mass is 10.0. The molecule has 0 saturated heterocycles. The number of nitrogens with one attached hydrogen (secondary N) is 2. The van der Waals surface area contributed by atoms with Crippen LogP contribution in [0.1, 0.15) is 59.1 Å². The molecule has 0 unspecified atom stereocenters. The van der Waals surface area contributed by atoms with Crippen molar-refractivity contribution >= 4 is 40.3 Å². The molecule has 14 nitrogen and oxygen atoms in total. The molecule has 0 aliphatic heterocycles. The fourth-order valence-electron chi connectivity index (χ4n) is 6.06. The second kappa shape index (κ2) is 20.9. The first-order valence-electron chi connectivity index (χ1n) is 19.7. The number of pyridine rings is 6. The molecule has 0 bridgehead atoms. The number of carbonyl (C=O) groups excluding carboxylic acids is 2. The van der Waals surface area contributed by atoms with Gasteiger partial charge in [0.1, 0.15) is 34.3 Å². The summed E-state index contributed by atoms with van der Waals surface area (Å²) in [5.74, 6) is -1.18. The first-order valence-corrected chi connectivity index (χ1v) is 19.7. The van der Waals surface area contributed by atoms with E-state index in [1.165, 1.54) is 48.7 Å². The SMILES string of the molecule is COc1ccc(CCc2ccc(Cc3c[nH]c4ncc(F)cc34)c(F)n2)cn1.COc1ccc(CN(C(=O)OC(C)(C)C)c2ccc(C=O)c(F)n2)cn1.Fc1cnc2[nH]ccc2c1. The van der Waals surface area contributed by atoms with E-state index in [2.05, 4.69) is 39.9 Å². The molecule has 0 saturated carbocycles. The predicted molar refractivity (Wildman–Crippen MR) is 230 cm³/mol. The standard InChI is InChI=1S/C21H18F2N4O.C18H20FN3O4.C7H5FN2/c1-28-19-7-3-13(10-24-19)2-5-17-6-4-14(20(23)27-17)8-15-11-25-21-18(15)9-16(22)12-26-21;1-18(2,3)26-17(24)22(10-12-5-8-15(25-4)20-9-12)14-7-6-13(11-23)16(19)21-14;8-6-3-5-1-2-9-7(5)10-4-6/h3-4,6-7,9-12H,2,5,8H2,1H3,(H,25,26);5-9,11H,10H2,1-4H3;1-4H,(H,9,10). The van der Waals surface area contributed by atoms with E-state index in [9.17, 15) is 27.2 Å². The van der Waals surface area contributed by atoms with E-state index in [-0.39, 0.29) is 23.7 Å². The number of H-pyrrole nitrogens is 2. The molecular formula is C46H43F4N9O5. The van der Waals surface area contributed by atoms with E-state index in [0.717, 1.165) is 28.4 Å². The first-order chi connectivity index (χ1) is 30.7. The fraction of sp³-hybridized carbons (Fsp3) is 0.217. The van der Waals surface area contributed by atoms with Crippen molar-refractivity contribution in [2.75, 3.05) is 19.1 Å². The van der Waals surface area contributed by atoms with Crippen LogP contribution in [0.5, 0.6) is 11.8 Å². The summed E-state index contributed by atoms with van der Waals surface area (Å²) in [4.78, 5) is 54.2. The minimum atomic E-state index is -0.959. The number of amides is 1. The fourth-order valence-corrected chi connectivity index (χ4v) is 6.06. The molecule has 330 valence electrons. The van der Waals surface area contributed by atoms with Crippen molar-refractivity contribution in [1.82, 2.24) is 39.9 Å². The third-order valence-electron chi connectivity index (χ3n) is 9.22. The van der Waals surface area contributed by atoms with Gasteiger partial charge in [0.05, 0.1) is 38.7 Å². The number of aldehydes is 1. The number of carbonyl (C=O) groups is 2. The van der Waals surface area contributed by atoms with Gasteiger partial charge in [-0.05, 0) is 86.7 Å². The van der Waals surface area contributed by atoms with Crippen LogP contribution in [0.3, 0.4) is 0 Å². The number of hydrogen-bond acceptors (Lipinski definition) is 11. The number of ether oxygens (including phenoxy) is 3. The molecule has 64 heavy (non-hydrogen) atoms. The second-order valence-electron chi connectivity index (χ2n) is 15.0. The molecule has 0 radical (unpaired) electrons. The van der Waals surface area contributed by atoms with Crippen molar-refractivity contribution in [3.63, 3.8) is 0 Å². The van der Waals surface area contributed by atoms with Gasteiger partial charge in [0.2, 0.25) is 23.7 Å². The highest BCUT2D eigenvalue weighted by molar-refractivity contribution is 5.87. The molecule has 2 N–H and O–H groups in total. The summed E-state index contributed by atoms with van der Waals surface area (Å²) >= 11 is 0. The third-order valence-corrected chi connectivity index (χ3v) is 9.22. The number of rotatable bonds is 11. The summed E-state index contributed by atoms with van der Waals surface area (Å²) in [5, 5.41) is 1.45. The van der Waals surface area contributed by atoms with Gasteiger partial charge in [-0.3, -0.25) is 9.69 Å². The Balaban J connectivity index is 0.000000175. The quantitative estimate of drug-likeness (QED) is 0.0721. The molecule has 0 aliphatic carbocycles. The van der Waals surface area contributed by atoms with Crippen molar-refractivity contribution in [1.29, 1.82) is 0 Å². The summed E-state index contributed by atoms with van der Waals surface area (Å²) in [6.45, 7) is 5.23. The lowest BCUT2D eigenvalue weighted by Crippen LogP contribution is -2.37. The van der Waals surface area contributed by atoms with Crippen LogP contribution in [-0.2, 0) is 30.5 Å². The maximum atomic E-state index is 14.5. The minimum Gasteiger partial charge on any atom is -0.481 e. The molecule has 18 heteroatoms. The summed E-state index contributed by atoms with van der Waals surface area (Å²) in [6, 6.07) is 17.9. The Morgan fingerprint density at radius 1 is 0.719 bits per heavy atom. The Labute approximate surface area is 364 Å². The largest absolute Gasteiger partial charge is 0.481 e. The van der Waals surface area contributed by atoms with Crippen LogP contribution in [-0.4, -0.2) is 72.1 Å². The number of hydrogen-bond donors (Lipinski definition) is 2. The lowest BCUT2D eigenvalue weighted by Gasteiger charge is -2.27. The Bertz CT molecular complexity index is 2830. The molecular weight excluding hydrogens is 835 g/mol. The van der Waals surface area contributed by atoms with Gasteiger partial charge < -0.3 is 24.2 Å². The minimum absolute atomic E-state index is 0.0261. The molecule has 8 aromatic heterocycles. The Morgan fingerprint density at radius 3 is 2.03 bits per heavy atom. The monoisotopic (exact) mass is 877 g/mol. The topological polar surface area (TPSA) is 174 Å². The summed E-state index contributed by atoms with van der Waals surface area (Å²) < 4.78 is 69.7. The maximum Gasteiger partial charge on any atom is 0.416 e. The van der Waals surface area contributed by atoms with Gasteiger partial charge in [-0.15, -0.1) is 0 Å². The second-order valence-corrected chi connectivity index (χ2v) is 15.0. The highest BCUT2D eigenvalue weighted by atomic mass is 19.1. The summed E-state index contributed by atoms with van der Waals surface area (Å²) in [5.41, 5.74) is 3.97. The van der Waals surface area contributed by atoms with Crippen LogP contribution in [0, 0.1) is 23.5 Å². The highest BCUT2D eigenvalue weighted by Crippen LogP contribution is 2.23. The number of halogens is 4. The van der Waals surface area contributed by atoms with Gasteiger partial charge in [-0.2, -0.15) is 8.78 Å². The number of nitrogens with zero attached hydrogens (tertiary/aromatic N) is 7. The smallest absolute Gasteiger partial charge is 0.416 e. The third kappa shape index (κ3) is 12.4. The summed E-state index contributed by atoms with van der Waals surface area (Å²) in [6.07, 6.45) is 10.4. The zero-order chi connectivity index (χ0) is 45.8. The van der Waals surface area contributed by atoms with E-state index < -0.39 is 29.4 Å². The average molecular weight is 878 g/mol. The molecule has 0 atom stereocenters. The number of methoxy groups -OCH3 is 2. The molecule has 0 spiro atoms. The molecule has 0 aliphatic rings. The van der Waals surface area contributed by atoms with Crippen molar-refractivity contribution < 1.29 is 41.4 Å². The van der Waals surface area contributed by atoms with E-state index in [1.54, 1.807) is 76.8 Å². The van der Waals surface area contributed by atoms with Crippen LogP contribution in [0.25, 0.3) is 22.1 Å².